The number of hydrogen-bond donors (Lipinski definition) is 4. The highest BCUT2D eigenvalue weighted by atomic mass is 31.2. The second-order valence-electron chi connectivity index (χ2n) is 4.96. The lowest BCUT2D eigenvalue weighted by molar-refractivity contribution is -0.130. The molecule has 4 N–H and O–H groups in total. The number of aliphatic carboxylic acids is 1. The van der Waals surface area contributed by atoms with Crippen molar-refractivity contribution in [1.29, 1.82) is 0 Å². The minimum atomic E-state index is -4.64. The first-order chi connectivity index (χ1) is 10.7. The molecule has 6 nitrogen and oxygen atoms in total. The van der Waals surface area contributed by atoms with Crippen LogP contribution in [0.3, 0.4) is 0 Å². The van der Waals surface area contributed by atoms with Crippen LogP contribution in [-0.2, 0) is 15.8 Å². The molecule has 0 aliphatic heterocycles. The van der Waals surface area contributed by atoms with E-state index in [9.17, 15) is 4.79 Å². The molecule has 0 spiro atoms. The molecule has 0 atom stereocenters. The van der Waals surface area contributed by atoms with E-state index in [0.717, 1.165) is 23.1 Å². The Morgan fingerprint density at radius 2 is 1.57 bits per heavy atom. The fraction of sp³-hybridized carbons (Fsp3) is 0.0625. The second kappa shape index (κ2) is 6.48. The molecule has 0 saturated carbocycles. The molecule has 0 radical (unpaired) electrons. The zero-order chi connectivity index (χ0) is 17.2. The molecule has 2 aromatic rings. The first-order valence-electron chi connectivity index (χ1n) is 6.59. The van der Waals surface area contributed by atoms with E-state index >= 15 is 0 Å². The van der Waals surface area contributed by atoms with Crippen LogP contribution in [0.15, 0.2) is 49.0 Å². The van der Waals surface area contributed by atoms with Crippen LogP contribution in [0, 0.1) is 0 Å². The van der Waals surface area contributed by atoms with Gasteiger partial charge in [0, 0.05) is 0 Å². The van der Waals surface area contributed by atoms with Crippen LogP contribution in [0.4, 0.5) is 0 Å². The highest BCUT2D eigenvalue weighted by Crippen LogP contribution is 2.39. The predicted molar refractivity (Wildman–Crippen MR) is 85.6 cm³/mol. The molecule has 1 aliphatic carbocycles. The number of carboxylic acid groups (broad SMARTS) is 1. The average molecular weight is 334 g/mol. The number of carbonyl (C=O) groups is 1. The first kappa shape index (κ1) is 17.1. The third kappa shape index (κ3) is 4.15. The Morgan fingerprint density at radius 3 is 2.17 bits per heavy atom. The Labute approximate surface area is 132 Å². The zero-order valence-corrected chi connectivity index (χ0v) is 12.9. The Hall–Kier alpha value is -2.24. The third-order valence-corrected chi connectivity index (χ3v) is 3.43. The lowest BCUT2D eigenvalue weighted by Crippen LogP contribution is -2.01. The SMILES string of the molecule is C=C(C(=O)O)c1cccc2c1Cc1ccccc1-2.O=P(O)(O)O. The van der Waals surface area contributed by atoms with Gasteiger partial charge in [0.05, 0.1) is 5.57 Å². The summed E-state index contributed by atoms with van der Waals surface area (Å²) in [5.41, 5.74) is 5.57. The van der Waals surface area contributed by atoms with Crippen molar-refractivity contribution in [2.24, 2.45) is 0 Å². The summed E-state index contributed by atoms with van der Waals surface area (Å²) in [7, 11) is -4.64. The van der Waals surface area contributed by atoms with Crippen molar-refractivity contribution in [1.82, 2.24) is 0 Å². The summed E-state index contributed by atoms with van der Waals surface area (Å²) in [6.45, 7) is 3.67. The summed E-state index contributed by atoms with van der Waals surface area (Å²) < 4.78 is 8.88. The third-order valence-electron chi connectivity index (χ3n) is 3.43. The molecule has 0 amide bonds. The van der Waals surface area contributed by atoms with Crippen molar-refractivity contribution in [3.05, 3.63) is 65.7 Å². The molecule has 2 aromatic carbocycles. The smallest absolute Gasteiger partial charge is 0.466 e. The number of phosphoric acid groups is 1. The number of benzene rings is 2. The van der Waals surface area contributed by atoms with Gasteiger partial charge in [-0.3, -0.25) is 0 Å². The van der Waals surface area contributed by atoms with Crippen LogP contribution in [0.1, 0.15) is 16.7 Å². The minimum Gasteiger partial charge on any atom is -0.478 e. The number of carboxylic acids is 1. The maximum atomic E-state index is 11.1. The molecule has 0 fully saturated rings. The highest BCUT2D eigenvalue weighted by Gasteiger charge is 2.22. The molecule has 23 heavy (non-hydrogen) atoms. The second-order valence-corrected chi connectivity index (χ2v) is 5.99. The Bertz CT molecular complexity index is 813. The largest absolute Gasteiger partial charge is 0.478 e. The predicted octanol–water partition coefficient (Wildman–Crippen LogP) is 2.43. The molecule has 0 heterocycles. The van der Waals surface area contributed by atoms with Gasteiger partial charge in [-0.25, -0.2) is 9.36 Å². The lowest BCUT2D eigenvalue weighted by atomic mass is 9.96. The summed E-state index contributed by atoms with van der Waals surface area (Å²) in [6.07, 6.45) is 0.786. The van der Waals surface area contributed by atoms with Crippen LogP contribution in [0.2, 0.25) is 0 Å². The molecule has 7 heteroatoms. The molecule has 0 unspecified atom stereocenters. The summed E-state index contributed by atoms with van der Waals surface area (Å²) in [6, 6.07) is 13.9. The Balaban J connectivity index is 0.000000338. The normalized spacial score (nSPS) is 11.8. The first-order valence-corrected chi connectivity index (χ1v) is 8.16. The molecule has 0 bridgehead atoms. The van der Waals surface area contributed by atoms with Crippen LogP contribution in [0.5, 0.6) is 0 Å². The Kier molecular flexibility index (Phi) is 4.82. The van der Waals surface area contributed by atoms with E-state index in [4.69, 9.17) is 24.4 Å². The van der Waals surface area contributed by atoms with Gasteiger partial charge in [-0.15, -0.1) is 0 Å². The molecular formula is C16H15O6P. The average Bonchev–Trinajstić information content (AvgIpc) is 2.83. The van der Waals surface area contributed by atoms with E-state index in [2.05, 4.69) is 18.7 Å². The van der Waals surface area contributed by atoms with Gasteiger partial charge in [-0.1, -0.05) is 49.0 Å². The summed E-state index contributed by atoms with van der Waals surface area (Å²) >= 11 is 0. The molecule has 0 saturated heterocycles. The van der Waals surface area contributed by atoms with Crippen molar-refractivity contribution < 1.29 is 29.1 Å². The maximum Gasteiger partial charge on any atom is 0.466 e. The van der Waals surface area contributed by atoms with Crippen LogP contribution in [-0.4, -0.2) is 25.8 Å². The molecule has 0 aromatic heterocycles. The fourth-order valence-electron chi connectivity index (χ4n) is 2.56. The van der Waals surface area contributed by atoms with Gasteiger partial charge in [0.2, 0.25) is 0 Å². The fourth-order valence-corrected chi connectivity index (χ4v) is 2.56. The standard InChI is InChI=1S/C16H12O2.H3O4P/c1-10(16(17)18)12-7-4-8-14-13-6-3-2-5-11(13)9-15(12)14;1-5(2,3)4/h2-8H,1,9H2,(H,17,18);(H3,1,2,3,4). The van der Waals surface area contributed by atoms with Gasteiger partial charge in [0.25, 0.3) is 0 Å². The number of hydrogen-bond acceptors (Lipinski definition) is 2. The summed E-state index contributed by atoms with van der Waals surface area (Å²) in [5, 5.41) is 9.08. The van der Waals surface area contributed by atoms with Crippen LogP contribution >= 0.6 is 7.82 Å². The number of fused-ring (bicyclic) bond motifs is 3. The van der Waals surface area contributed by atoms with Gasteiger partial charge in [-0.2, -0.15) is 0 Å². The van der Waals surface area contributed by atoms with Crippen LogP contribution in [0.25, 0.3) is 16.7 Å². The van der Waals surface area contributed by atoms with Gasteiger partial charge < -0.3 is 19.8 Å². The van der Waals surface area contributed by atoms with E-state index in [1.807, 2.05) is 30.3 Å². The van der Waals surface area contributed by atoms with E-state index < -0.39 is 13.8 Å². The van der Waals surface area contributed by atoms with Gasteiger partial charge >= 0.3 is 13.8 Å². The van der Waals surface area contributed by atoms with Crippen LogP contribution < -0.4 is 0 Å². The molecular weight excluding hydrogens is 319 g/mol. The highest BCUT2D eigenvalue weighted by molar-refractivity contribution is 7.45. The van der Waals surface area contributed by atoms with E-state index in [0.29, 0.717) is 0 Å². The lowest BCUT2D eigenvalue weighted by Gasteiger charge is -2.07. The van der Waals surface area contributed by atoms with E-state index in [-0.39, 0.29) is 5.57 Å². The zero-order valence-electron chi connectivity index (χ0n) is 12.0. The van der Waals surface area contributed by atoms with Crippen molar-refractivity contribution in [2.75, 3.05) is 0 Å². The van der Waals surface area contributed by atoms with Crippen molar-refractivity contribution in [3.63, 3.8) is 0 Å². The molecule has 1 aliphatic rings. The number of rotatable bonds is 2. The topological polar surface area (TPSA) is 115 Å². The Morgan fingerprint density at radius 1 is 1.00 bits per heavy atom. The molecule has 3 rings (SSSR count). The van der Waals surface area contributed by atoms with Crippen molar-refractivity contribution >= 4 is 19.4 Å². The summed E-state index contributed by atoms with van der Waals surface area (Å²) in [5.74, 6) is -0.959. The minimum absolute atomic E-state index is 0.166. The van der Waals surface area contributed by atoms with Crippen molar-refractivity contribution in [2.45, 2.75) is 6.42 Å². The quantitative estimate of drug-likeness (QED) is 0.423. The molecule has 120 valence electrons. The van der Waals surface area contributed by atoms with Crippen molar-refractivity contribution in [3.8, 4) is 11.1 Å². The van der Waals surface area contributed by atoms with Gasteiger partial charge in [-0.05, 0) is 34.2 Å². The maximum absolute atomic E-state index is 11.1. The van der Waals surface area contributed by atoms with E-state index in [1.165, 1.54) is 11.1 Å². The monoisotopic (exact) mass is 334 g/mol. The van der Waals surface area contributed by atoms with Gasteiger partial charge in [0.1, 0.15) is 0 Å². The van der Waals surface area contributed by atoms with Gasteiger partial charge in [0.15, 0.2) is 0 Å². The van der Waals surface area contributed by atoms with E-state index in [1.54, 1.807) is 0 Å². The summed E-state index contributed by atoms with van der Waals surface area (Å²) in [4.78, 5) is 32.6.